The Kier molecular flexibility index (Phi) is 7.93. The molecule has 3 aliphatic rings. The van der Waals surface area contributed by atoms with Crippen LogP contribution in [0.4, 0.5) is 0 Å². The Morgan fingerprint density at radius 1 is 1.13 bits per heavy atom. The van der Waals surface area contributed by atoms with Crippen molar-refractivity contribution in [3.63, 3.8) is 0 Å². The number of aliphatic hydroxyl groups excluding tert-OH is 2. The highest BCUT2D eigenvalue weighted by Gasteiger charge is 2.57. The minimum absolute atomic E-state index is 0.224. The van der Waals surface area contributed by atoms with Crippen LogP contribution in [0.2, 0.25) is 0 Å². The molecule has 3 rings (SSSR count). The predicted molar refractivity (Wildman–Crippen MR) is 120 cm³/mol. The number of fused-ring (bicyclic) bond motifs is 3. The first kappa shape index (κ1) is 24.0. The van der Waals surface area contributed by atoms with Crippen LogP contribution in [-0.4, -0.2) is 33.5 Å². The van der Waals surface area contributed by atoms with Crippen LogP contribution >= 0.6 is 0 Å². The van der Waals surface area contributed by atoms with Crippen molar-refractivity contribution in [1.82, 2.24) is 0 Å². The lowest BCUT2D eigenvalue weighted by Gasteiger charge is -2.53. The van der Waals surface area contributed by atoms with Crippen LogP contribution in [0.3, 0.4) is 0 Å². The lowest BCUT2D eigenvalue weighted by atomic mass is 9.53. The van der Waals surface area contributed by atoms with Gasteiger partial charge in [-0.1, -0.05) is 40.5 Å². The Balaban J connectivity index is 1.84. The average molecular weight is 423 g/mol. The van der Waals surface area contributed by atoms with Gasteiger partial charge in [-0.2, -0.15) is 0 Å². The fraction of sp³-hybridized carbons (Fsp3) is 0.962. The summed E-state index contributed by atoms with van der Waals surface area (Å²) < 4.78 is 0. The summed E-state index contributed by atoms with van der Waals surface area (Å²) in [7, 11) is 0. The molecule has 3 fully saturated rings. The molecule has 0 spiro atoms. The van der Waals surface area contributed by atoms with E-state index in [1.54, 1.807) is 0 Å². The van der Waals surface area contributed by atoms with E-state index in [9.17, 15) is 15.0 Å². The summed E-state index contributed by atoms with van der Waals surface area (Å²) in [5, 5.41) is 31.3. The van der Waals surface area contributed by atoms with Gasteiger partial charge in [-0.05, 0) is 98.2 Å². The second-order valence-electron chi connectivity index (χ2n) is 11.4. The third-order valence-electron chi connectivity index (χ3n) is 9.84. The molecule has 4 nitrogen and oxygen atoms in total. The van der Waals surface area contributed by atoms with Crippen LogP contribution in [0, 0.1) is 46.8 Å². The standard InChI is InChI=1S/C26H46O4/c1-5-20-17(3)15-19(27)8-6-7-18-13-14-26(4)21(16(2)9-12-23(28)29)10-11-22(26)24(18)25(20)30/h16-22,24-25,27,30H,5-15H2,1-4H3,(H,28,29)/t16-,17+,18?,19-,20-,21-,22?,24?,25-,26-/m1/s1. The molecule has 0 radical (unpaired) electrons. The zero-order valence-electron chi connectivity index (χ0n) is 19.7. The maximum absolute atomic E-state index is 11.7. The van der Waals surface area contributed by atoms with Crippen molar-refractivity contribution in [2.24, 2.45) is 46.8 Å². The summed E-state index contributed by atoms with van der Waals surface area (Å²) in [6, 6.07) is 0. The number of rotatable bonds is 5. The molecule has 3 unspecified atom stereocenters. The van der Waals surface area contributed by atoms with E-state index in [2.05, 4.69) is 27.7 Å². The lowest BCUT2D eigenvalue weighted by molar-refractivity contribution is -0.137. The zero-order chi connectivity index (χ0) is 22.1. The summed E-state index contributed by atoms with van der Waals surface area (Å²) in [5.41, 5.74) is 0.227. The fourth-order valence-corrected chi connectivity index (χ4v) is 8.26. The highest BCUT2D eigenvalue weighted by Crippen LogP contribution is 2.63. The first-order chi connectivity index (χ1) is 14.2. The minimum atomic E-state index is -0.685. The number of carbonyl (C=O) groups is 1. The summed E-state index contributed by atoms with van der Waals surface area (Å²) in [4.78, 5) is 11.1. The van der Waals surface area contributed by atoms with Crippen molar-refractivity contribution in [3.05, 3.63) is 0 Å². The number of carboxylic acid groups (broad SMARTS) is 1. The monoisotopic (exact) mass is 422 g/mol. The molecule has 0 aromatic carbocycles. The topological polar surface area (TPSA) is 77.8 Å². The molecule has 30 heavy (non-hydrogen) atoms. The van der Waals surface area contributed by atoms with E-state index in [1.807, 2.05) is 0 Å². The number of aliphatic carboxylic acids is 1. The van der Waals surface area contributed by atoms with Crippen LogP contribution in [-0.2, 0) is 4.79 Å². The van der Waals surface area contributed by atoms with Gasteiger partial charge in [-0.15, -0.1) is 0 Å². The SMILES string of the molecule is CC[C@@H]1[C@@H](C)C[C@H](O)CCCC2CC[C@@]3(C)C(CC[C@@H]3[C@H](C)CCC(=O)O)C2[C@@H]1O. The van der Waals surface area contributed by atoms with E-state index in [-0.39, 0.29) is 30.0 Å². The first-order valence-corrected chi connectivity index (χ1v) is 12.8. The van der Waals surface area contributed by atoms with Gasteiger partial charge in [0.2, 0.25) is 0 Å². The molecule has 0 heterocycles. The maximum Gasteiger partial charge on any atom is 0.303 e. The van der Waals surface area contributed by atoms with Crippen molar-refractivity contribution < 1.29 is 20.1 Å². The summed E-state index contributed by atoms with van der Waals surface area (Å²) >= 11 is 0. The molecule has 0 aliphatic heterocycles. The fourth-order valence-electron chi connectivity index (χ4n) is 8.26. The van der Waals surface area contributed by atoms with Crippen LogP contribution in [0.1, 0.15) is 98.3 Å². The third kappa shape index (κ3) is 4.75. The molecule has 0 amide bonds. The summed E-state index contributed by atoms with van der Waals surface area (Å²) in [6.45, 7) is 9.15. The van der Waals surface area contributed by atoms with Gasteiger partial charge in [0.25, 0.3) is 0 Å². The van der Waals surface area contributed by atoms with Crippen LogP contribution in [0.5, 0.6) is 0 Å². The van der Waals surface area contributed by atoms with Crippen molar-refractivity contribution in [3.8, 4) is 0 Å². The highest BCUT2D eigenvalue weighted by molar-refractivity contribution is 5.66. The van der Waals surface area contributed by atoms with Crippen LogP contribution < -0.4 is 0 Å². The largest absolute Gasteiger partial charge is 0.481 e. The lowest BCUT2D eigenvalue weighted by Crippen LogP contribution is -2.50. The van der Waals surface area contributed by atoms with Gasteiger partial charge in [-0.3, -0.25) is 4.79 Å². The molecule has 0 aromatic heterocycles. The Hall–Kier alpha value is -0.610. The molecule has 3 aliphatic carbocycles. The van der Waals surface area contributed by atoms with Gasteiger partial charge >= 0.3 is 5.97 Å². The van der Waals surface area contributed by atoms with E-state index in [0.29, 0.717) is 35.5 Å². The average Bonchev–Trinajstić information content (AvgIpc) is 3.03. The second kappa shape index (κ2) is 9.90. The minimum Gasteiger partial charge on any atom is -0.481 e. The van der Waals surface area contributed by atoms with E-state index >= 15 is 0 Å². The van der Waals surface area contributed by atoms with Crippen molar-refractivity contribution in [2.45, 2.75) is 111 Å². The van der Waals surface area contributed by atoms with Gasteiger partial charge in [0, 0.05) is 6.42 Å². The number of carboxylic acids is 1. The third-order valence-corrected chi connectivity index (χ3v) is 9.84. The number of aliphatic hydroxyl groups is 2. The Labute approximate surface area is 183 Å². The smallest absolute Gasteiger partial charge is 0.303 e. The predicted octanol–water partition coefficient (Wildman–Crippen LogP) is 5.50. The van der Waals surface area contributed by atoms with Gasteiger partial charge in [0.1, 0.15) is 0 Å². The summed E-state index contributed by atoms with van der Waals surface area (Å²) in [5.74, 6) is 2.41. The Morgan fingerprint density at radius 3 is 2.53 bits per heavy atom. The highest BCUT2D eigenvalue weighted by atomic mass is 16.4. The molecule has 174 valence electrons. The second-order valence-corrected chi connectivity index (χ2v) is 11.4. The van der Waals surface area contributed by atoms with E-state index in [4.69, 9.17) is 5.11 Å². The molecular formula is C26H46O4. The van der Waals surface area contributed by atoms with E-state index < -0.39 is 5.97 Å². The summed E-state index contributed by atoms with van der Waals surface area (Å²) in [6.07, 6.45) is 10.2. The quantitative estimate of drug-likeness (QED) is 0.546. The van der Waals surface area contributed by atoms with Gasteiger partial charge in [-0.25, -0.2) is 0 Å². The van der Waals surface area contributed by atoms with Gasteiger partial charge in [0.05, 0.1) is 12.2 Å². The van der Waals surface area contributed by atoms with Crippen molar-refractivity contribution >= 4 is 5.97 Å². The van der Waals surface area contributed by atoms with Crippen molar-refractivity contribution in [2.75, 3.05) is 0 Å². The number of hydrogen-bond donors (Lipinski definition) is 3. The van der Waals surface area contributed by atoms with E-state index in [0.717, 1.165) is 38.5 Å². The Bertz CT molecular complexity index is 577. The molecule has 0 bridgehead atoms. The first-order valence-electron chi connectivity index (χ1n) is 12.8. The van der Waals surface area contributed by atoms with Crippen molar-refractivity contribution in [1.29, 1.82) is 0 Å². The maximum atomic E-state index is 11.7. The molecule has 10 atom stereocenters. The molecule has 0 aromatic rings. The molecule has 0 saturated heterocycles. The molecule has 3 saturated carbocycles. The molecule has 3 N–H and O–H groups in total. The van der Waals surface area contributed by atoms with E-state index in [1.165, 1.54) is 25.7 Å². The zero-order valence-corrected chi connectivity index (χ0v) is 19.7. The van der Waals surface area contributed by atoms with Crippen LogP contribution in [0.15, 0.2) is 0 Å². The normalized spacial score (nSPS) is 45.9. The number of hydrogen-bond acceptors (Lipinski definition) is 3. The Morgan fingerprint density at radius 2 is 1.87 bits per heavy atom. The van der Waals surface area contributed by atoms with Gasteiger partial charge < -0.3 is 15.3 Å². The van der Waals surface area contributed by atoms with Crippen LogP contribution in [0.25, 0.3) is 0 Å². The van der Waals surface area contributed by atoms with Gasteiger partial charge in [0.15, 0.2) is 0 Å². The molecular weight excluding hydrogens is 376 g/mol. The molecule has 4 heteroatoms.